The van der Waals surface area contributed by atoms with Gasteiger partial charge < -0.3 is 14.8 Å². The summed E-state index contributed by atoms with van der Waals surface area (Å²) in [5.74, 6) is 0. The number of alkyl carbamates (subject to hydrolysis) is 1. The Morgan fingerprint density at radius 2 is 2.12 bits per heavy atom. The first-order valence-electron chi connectivity index (χ1n) is 8.59. The topological polar surface area (TPSA) is 65.4 Å². The summed E-state index contributed by atoms with van der Waals surface area (Å²) in [5.41, 5.74) is 2.77. The third-order valence-electron chi connectivity index (χ3n) is 3.88. The first-order valence-corrected chi connectivity index (χ1v) is 8.59. The monoisotopic (exact) mass is 343 g/mol. The van der Waals surface area contributed by atoms with Crippen LogP contribution in [0.2, 0.25) is 0 Å². The lowest BCUT2D eigenvalue weighted by molar-refractivity contribution is 0.0270. The van der Waals surface area contributed by atoms with Gasteiger partial charge in [-0.05, 0) is 38.3 Å². The summed E-state index contributed by atoms with van der Waals surface area (Å²) in [6.07, 6.45) is 2.23. The standard InChI is InChI=1S/C19H25N3O3/c1-19(2,3)25-18(23)20-11-16-17-15(9-10-24-16)13-22(21-17)12-14-7-5-4-6-8-14/h4-8,13,16H,9-12H2,1-3H3,(H,20,23). The van der Waals surface area contributed by atoms with Crippen molar-refractivity contribution >= 4 is 6.09 Å². The lowest BCUT2D eigenvalue weighted by atomic mass is 10.1. The van der Waals surface area contributed by atoms with E-state index in [4.69, 9.17) is 9.47 Å². The molecule has 1 amide bonds. The van der Waals surface area contributed by atoms with Crippen LogP contribution in [0.3, 0.4) is 0 Å². The molecule has 1 aromatic carbocycles. The largest absolute Gasteiger partial charge is 0.444 e. The van der Waals surface area contributed by atoms with Crippen molar-refractivity contribution in [1.82, 2.24) is 15.1 Å². The minimum atomic E-state index is -0.514. The zero-order valence-electron chi connectivity index (χ0n) is 15.0. The van der Waals surface area contributed by atoms with Gasteiger partial charge in [0.05, 0.1) is 25.4 Å². The van der Waals surface area contributed by atoms with Gasteiger partial charge in [0.1, 0.15) is 11.7 Å². The number of hydrogen-bond donors (Lipinski definition) is 1. The van der Waals surface area contributed by atoms with Crippen LogP contribution >= 0.6 is 0 Å². The van der Waals surface area contributed by atoms with E-state index in [0.717, 1.165) is 18.7 Å². The molecule has 0 radical (unpaired) electrons. The predicted molar refractivity (Wildman–Crippen MR) is 94.4 cm³/mol. The van der Waals surface area contributed by atoms with Crippen LogP contribution < -0.4 is 5.32 Å². The molecule has 0 fully saturated rings. The Bertz CT molecular complexity index is 719. The molecular formula is C19H25N3O3. The van der Waals surface area contributed by atoms with Crippen molar-refractivity contribution in [2.45, 2.75) is 45.4 Å². The average Bonchev–Trinajstić information content (AvgIpc) is 2.95. The molecule has 6 heteroatoms. The van der Waals surface area contributed by atoms with E-state index in [9.17, 15) is 4.79 Å². The second kappa shape index (κ2) is 7.27. The third-order valence-corrected chi connectivity index (χ3v) is 3.88. The van der Waals surface area contributed by atoms with Crippen molar-refractivity contribution < 1.29 is 14.3 Å². The summed E-state index contributed by atoms with van der Waals surface area (Å²) in [6, 6.07) is 10.2. The molecule has 6 nitrogen and oxygen atoms in total. The molecule has 1 aliphatic heterocycles. The minimum Gasteiger partial charge on any atom is -0.444 e. The summed E-state index contributed by atoms with van der Waals surface area (Å²) >= 11 is 0. The molecule has 0 bridgehead atoms. The minimum absolute atomic E-state index is 0.242. The number of ether oxygens (including phenoxy) is 2. The highest BCUT2D eigenvalue weighted by Crippen LogP contribution is 2.25. The number of nitrogens with one attached hydrogen (secondary N) is 1. The van der Waals surface area contributed by atoms with E-state index in [1.54, 1.807) is 0 Å². The van der Waals surface area contributed by atoms with Gasteiger partial charge in [-0.2, -0.15) is 5.10 Å². The lowest BCUT2D eigenvalue weighted by Crippen LogP contribution is -2.36. The SMILES string of the molecule is CC(C)(C)OC(=O)NCC1OCCc2cn(Cc3ccccc3)nc21. The zero-order chi connectivity index (χ0) is 17.9. The second-order valence-electron chi connectivity index (χ2n) is 7.21. The first kappa shape index (κ1) is 17.5. The van der Waals surface area contributed by atoms with Gasteiger partial charge in [-0.3, -0.25) is 4.68 Å². The molecule has 1 unspecified atom stereocenters. The number of benzene rings is 1. The van der Waals surface area contributed by atoms with Gasteiger partial charge in [-0.1, -0.05) is 30.3 Å². The van der Waals surface area contributed by atoms with Crippen LogP contribution in [0, 0.1) is 0 Å². The van der Waals surface area contributed by atoms with E-state index >= 15 is 0 Å². The molecule has 2 aromatic rings. The van der Waals surface area contributed by atoms with Crippen LogP contribution in [0.5, 0.6) is 0 Å². The van der Waals surface area contributed by atoms with Crippen molar-refractivity contribution in [2.75, 3.05) is 13.2 Å². The third kappa shape index (κ3) is 4.82. The maximum absolute atomic E-state index is 11.8. The van der Waals surface area contributed by atoms with E-state index < -0.39 is 11.7 Å². The highest BCUT2D eigenvalue weighted by atomic mass is 16.6. The molecule has 25 heavy (non-hydrogen) atoms. The maximum atomic E-state index is 11.8. The van der Waals surface area contributed by atoms with Gasteiger partial charge in [0.15, 0.2) is 0 Å². The molecule has 1 aliphatic rings. The summed E-state index contributed by atoms with van der Waals surface area (Å²) in [6.45, 7) is 7.22. The number of rotatable bonds is 4. The molecular weight excluding hydrogens is 318 g/mol. The van der Waals surface area contributed by atoms with Crippen LogP contribution in [-0.4, -0.2) is 34.6 Å². The number of fused-ring (bicyclic) bond motifs is 1. The van der Waals surface area contributed by atoms with Crippen molar-refractivity contribution in [1.29, 1.82) is 0 Å². The fourth-order valence-corrected chi connectivity index (χ4v) is 2.83. The van der Waals surface area contributed by atoms with E-state index in [1.807, 2.05) is 43.7 Å². The van der Waals surface area contributed by atoms with Crippen molar-refractivity contribution in [3.8, 4) is 0 Å². The molecule has 1 aromatic heterocycles. The van der Waals surface area contributed by atoms with Crippen molar-refractivity contribution in [3.63, 3.8) is 0 Å². The fourth-order valence-electron chi connectivity index (χ4n) is 2.83. The van der Waals surface area contributed by atoms with E-state index in [2.05, 4.69) is 28.7 Å². The predicted octanol–water partition coefficient (Wildman–Crippen LogP) is 3.07. The van der Waals surface area contributed by atoms with Crippen molar-refractivity contribution in [3.05, 3.63) is 53.3 Å². The number of carbonyl (C=O) groups is 1. The number of amides is 1. The van der Waals surface area contributed by atoms with Gasteiger partial charge in [-0.25, -0.2) is 4.79 Å². The molecule has 134 valence electrons. The number of hydrogen-bond acceptors (Lipinski definition) is 4. The smallest absolute Gasteiger partial charge is 0.407 e. The Labute approximate surface area is 148 Å². The molecule has 0 saturated carbocycles. The second-order valence-corrected chi connectivity index (χ2v) is 7.21. The molecule has 1 N–H and O–H groups in total. The average molecular weight is 343 g/mol. The molecule has 2 heterocycles. The molecule has 1 atom stereocenters. The Morgan fingerprint density at radius 1 is 1.36 bits per heavy atom. The Morgan fingerprint density at radius 3 is 2.84 bits per heavy atom. The fraction of sp³-hybridized carbons (Fsp3) is 0.474. The quantitative estimate of drug-likeness (QED) is 0.926. The summed E-state index contributed by atoms with van der Waals surface area (Å²) in [5, 5.41) is 7.45. The van der Waals surface area contributed by atoms with Crippen LogP contribution in [0.25, 0.3) is 0 Å². The van der Waals surface area contributed by atoms with Crippen LogP contribution in [0.1, 0.15) is 43.7 Å². The number of nitrogens with zero attached hydrogens (tertiary/aromatic N) is 2. The normalized spacial score (nSPS) is 17.0. The maximum Gasteiger partial charge on any atom is 0.407 e. The summed E-state index contributed by atoms with van der Waals surface area (Å²) in [4.78, 5) is 11.8. The van der Waals surface area contributed by atoms with Crippen LogP contribution in [-0.2, 0) is 22.4 Å². The lowest BCUT2D eigenvalue weighted by Gasteiger charge is -2.24. The molecule has 0 saturated heterocycles. The van der Waals surface area contributed by atoms with E-state index in [1.165, 1.54) is 11.1 Å². The van der Waals surface area contributed by atoms with E-state index in [0.29, 0.717) is 13.2 Å². The highest BCUT2D eigenvalue weighted by Gasteiger charge is 2.26. The van der Waals surface area contributed by atoms with E-state index in [-0.39, 0.29) is 6.10 Å². The number of carbonyl (C=O) groups excluding carboxylic acids is 1. The number of aromatic nitrogens is 2. The van der Waals surface area contributed by atoms with Gasteiger partial charge in [0.2, 0.25) is 0 Å². The summed E-state index contributed by atoms with van der Waals surface area (Å²) in [7, 11) is 0. The van der Waals surface area contributed by atoms with Gasteiger partial charge in [-0.15, -0.1) is 0 Å². The van der Waals surface area contributed by atoms with Crippen LogP contribution in [0.15, 0.2) is 36.5 Å². The Kier molecular flexibility index (Phi) is 5.08. The van der Waals surface area contributed by atoms with Gasteiger partial charge in [0.25, 0.3) is 0 Å². The zero-order valence-corrected chi connectivity index (χ0v) is 15.0. The van der Waals surface area contributed by atoms with Crippen molar-refractivity contribution in [2.24, 2.45) is 0 Å². The Balaban J connectivity index is 1.64. The highest BCUT2D eigenvalue weighted by molar-refractivity contribution is 5.67. The molecule has 0 aliphatic carbocycles. The van der Waals surface area contributed by atoms with Crippen LogP contribution in [0.4, 0.5) is 4.79 Å². The Hall–Kier alpha value is -2.34. The first-order chi connectivity index (χ1) is 11.9. The van der Waals surface area contributed by atoms with Gasteiger partial charge in [0, 0.05) is 6.20 Å². The summed E-state index contributed by atoms with van der Waals surface area (Å²) < 4.78 is 13.0. The molecule has 3 rings (SSSR count). The molecule has 0 spiro atoms. The van der Waals surface area contributed by atoms with Gasteiger partial charge >= 0.3 is 6.09 Å².